The van der Waals surface area contributed by atoms with Crippen LogP contribution in [-0.2, 0) is 44.4 Å². The average molecular weight is 772 g/mol. The first-order chi connectivity index (χ1) is 22.9. The first-order valence-corrected chi connectivity index (χ1v) is 20.4. The van der Waals surface area contributed by atoms with Crippen molar-refractivity contribution < 1.29 is 52.3 Å². The molecule has 4 aromatic heterocycles. The summed E-state index contributed by atoms with van der Waals surface area (Å²) in [6, 6.07) is 19.3. The summed E-state index contributed by atoms with van der Waals surface area (Å²) >= 11 is -1.29. The van der Waals surface area contributed by atoms with Crippen molar-refractivity contribution in [2.75, 3.05) is 39.6 Å². The van der Waals surface area contributed by atoms with Crippen LogP contribution >= 0.6 is 0 Å². The van der Waals surface area contributed by atoms with E-state index in [1.54, 1.807) is 24.8 Å². The summed E-state index contributed by atoms with van der Waals surface area (Å²) < 4.78 is 49.7. The van der Waals surface area contributed by atoms with Crippen LogP contribution in [0.4, 0.5) is 0 Å². The van der Waals surface area contributed by atoms with Crippen LogP contribution in [0.25, 0.3) is 22.8 Å². The molecule has 12 nitrogen and oxygen atoms in total. The standard InChI is InChI=1S/2C16H22N2O3Si.2H2O.Ru/c2*1-4-19-22(20-5-2,21-6-3)14-10-11-16(18-13-14)15-9-7-8-12-17-15;;;/h2*7-13H,4-6H2,1-3H3;2*1H2;/q;;;;+2/p-2. The minimum atomic E-state index is -2.88. The molecule has 0 fully saturated rings. The molecule has 258 valence electrons. The van der Waals surface area contributed by atoms with E-state index in [0.29, 0.717) is 39.6 Å². The Morgan fingerprint density at radius 3 is 0.979 bits per heavy atom. The molecule has 0 aromatic carbocycles. The Balaban J connectivity index is 0.000000302. The Labute approximate surface area is 288 Å². The van der Waals surface area contributed by atoms with Crippen molar-refractivity contribution >= 4 is 28.0 Å². The molecule has 0 radical (unpaired) electrons. The van der Waals surface area contributed by atoms with Crippen LogP contribution in [0.2, 0.25) is 0 Å². The Morgan fingerprint density at radius 1 is 0.468 bits per heavy atom. The molecule has 0 spiro atoms. The van der Waals surface area contributed by atoms with Crippen molar-refractivity contribution in [3.63, 3.8) is 0 Å². The minimum absolute atomic E-state index is 0.536. The fourth-order valence-electron chi connectivity index (χ4n) is 4.37. The summed E-state index contributed by atoms with van der Waals surface area (Å²) in [6.07, 6.45) is 7.06. The predicted octanol–water partition coefficient (Wildman–Crippen LogP) is 3.68. The summed E-state index contributed by atoms with van der Waals surface area (Å²) in [7, 11) is -5.76. The van der Waals surface area contributed by atoms with E-state index < -0.39 is 35.5 Å². The van der Waals surface area contributed by atoms with Crippen LogP contribution in [0.3, 0.4) is 0 Å². The molecule has 0 bridgehead atoms. The maximum atomic E-state index is 7.22. The van der Waals surface area contributed by atoms with Gasteiger partial charge in [0, 0.05) is 74.8 Å². The third-order valence-electron chi connectivity index (χ3n) is 6.09. The third-order valence-corrected chi connectivity index (χ3v) is 12.1. The van der Waals surface area contributed by atoms with E-state index >= 15 is 0 Å². The molecule has 0 aliphatic rings. The molecule has 2 N–H and O–H groups in total. The predicted molar refractivity (Wildman–Crippen MR) is 180 cm³/mol. The zero-order chi connectivity index (χ0) is 34.4. The fraction of sp³-hybridized carbons (Fsp3) is 0.375. The van der Waals surface area contributed by atoms with Gasteiger partial charge in [-0.2, -0.15) is 0 Å². The van der Waals surface area contributed by atoms with Gasteiger partial charge < -0.3 is 26.6 Å². The summed E-state index contributed by atoms with van der Waals surface area (Å²) in [4.78, 5) is 17.6. The number of nitrogens with zero attached hydrogens (tertiary/aromatic N) is 4. The van der Waals surface area contributed by atoms with E-state index in [1.807, 2.05) is 102 Å². The van der Waals surface area contributed by atoms with Gasteiger partial charge in [-0.15, -0.1) is 0 Å². The van der Waals surface area contributed by atoms with Crippen molar-refractivity contribution in [2.45, 2.75) is 41.5 Å². The molecular formula is C32H46N4O8RuSi2. The molecule has 4 heterocycles. The zero-order valence-corrected chi connectivity index (χ0v) is 31.5. The summed E-state index contributed by atoms with van der Waals surface area (Å²) in [5, 5.41) is 1.75. The van der Waals surface area contributed by atoms with E-state index in [-0.39, 0.29) is 0 Å². The molecule has 0 atom stereocenters. The molecule has 0 aliphatic carbocycles. The number of aromatic nitrogens is 4. The van der Waals surface area contributed by atoms with Gasteiger partial charge in [-0.3, -0.25) is 19.9 Å². The Bertz CT molecular complexity index is 1230. The van der Waals surface area contributed by atoms with Crippen molar-refractivity contribution in [2.24, 2.45) is 0 Å². The summed E-state index contributed by atoms with van der Waals surface area (Å²) in [5.41, 5.74) is 3.31. The second-order valence-corrected chi connectivity index (χ2v) is 14.5. The van der Waals surface area contributed by atoms with E-state index in [2.05, 4.69) is 19.9 Å². The Morgan fingerprint density at radius 2 is 0.766 bits per heavy atom. The van der Waals surface area contributed by atoms with Crippen LogP contribution in [0.15, 0.2) is 85.5 Å². The van der Waals surface area contributed by atoms with Gasteiger partial charge in [0.15, 0.2) is 0 Å². The molecular weight excluding hydrogens is 726 g/mol. The third kappa shape index (κ3) is 12.4. The van der Waals surface area contributed by atoms with E-state index in [0.717, 1.165) is 33.1 Å². The van der Waals surface area contributed by atoms with E-state index in [1.165, 1.54) is 0 Å². The van der Waals surface area contributed by atoms with Crippen LogP contribution < -0.4 is 10.4 Å². The zero-order valence-electron chi connectivity index (χ0n) is 27.8. The topological polar surface area (TPSA) is 147 Å². The fourth-order valence-corrected chi connectivity index (χ4v) is 9.17. The molecule has 0 saturated carbocycles. The van der Waals surface area contributed by atoms with Crippen LogP contribution in [-0.4, -0.2) is 85.1 Å². The second-order valence-electron chi connectivity index (χ2n) is 9.08. The number of pyridine rings is 4. The molecule has 4 rings (SSSR count). The van der Waals surface area contributed by atoms with Gasteiger partial charge in [0.1, 0.15) is 0 Å². The second kappa shape index (κ2) is 22.8. The SMILES string of the molecule is CCO[Si](OCC)(OCC)c1ccc(-c2ccccn2)nc1.CCO[Si](OCC)(OCC)c1ccc(-c2ccccn2)nc1.[OH][Ru][OH]. The summed E-state index contributed by atoms with van der Waals surface area (Å²) in [5.74, 6) is 0. The number of hydrogen-bond acceptors (Lipinski definition) is 12. The van der Waals surface area contributed by atoms with Crippen molar-refractivity contribution in [3.8, 4) is 22.8 Å². The molecule has 0 aliphatic heterocycles. The average Bonchev–Trinajstić information content (AvgIpc) is 3.10. The molecule has 15 heteroatoms. The van der Waals surface area contributed by atoms with Crippen molar-refractivity contribution in [3.05, 3.63) is 85.5 Å². The van der Waals surface area contributed by atoms with Crippen LogP contribution in [0.5, 0.6) is 0 Å². The molecule has 0 amide bonds. The molecule has 47 heavy (non-hydrogen) atoms. The molecule has 0 saturated heterocycles. The van der Waals surface area contributed by atoms with Gasteiger partial charge in [0.25, 0.3) is 0 Å². The van der Waals surface area contributed by atoms with Gasteiger partial charge >= 0.3 is 43.3 Å². The van der Waals surface area contributed by atoms with Gasteiger partial charge in [-0.25, -0.2) is 0 Å². The van der Waals surface area contributed by atoms with Crippen molar-refractivity contribution in [1.29, 1.82) is 0 Å². The molecule has 0 unspecified atom stereocenters. The van der Waals surface area contributed by atoms with Gasteiger partial charge in [-0.05, 0) is 77.9 Å². The first kappa shape index (κ1) is 40.5. The van der Waals surface area contributed by atoms with Crippen LogP contribution in [0, 0.1) is 0 Å². The van der Waals surface area contributed by atoms with Crippen molar-refractivity contribution in [1.82, 2.24) is 19.9 Å². The number of rotatable bonds is 16. The number of hydrogen-bond donors (Lipinski definition) is 2. The van der Waals surface area contributed by atoms with Gasteiger partial charge in [-0.1, -0.05) is 24.3 Å². The Hall–Kier alpha value is -2.66. The maximum absolute atomic E-state index is 7.22. The quantitative estimate of drug-likeness (QED) is 0.160. The summed E-state index contributed by atoms with van der Waals surface area (Å²) in [6.45, 7) is 14.9. The first-order valence-electron chi connectivity index (χ1n) is 15.4. The van der Waals surface area contributed by atoms with E-state index in [9.17, 15) is 0 Å². The van der Waals surface area contributed by atoms with Crippen LogP contribution in [0.1, 0.15) is 41.5 Å². The Kier molecular flexibility index (Phi) is 19.7. The molecule has 4 aromatic rings. The van der Waals surface area contributed by atoms with Gasteiger partial charge in [0.05, 0.1) is 22.8 Å². The van der Waals surface area contributed by atoms with E-state index in [4.69, 9.17) is 34.4 Å². The van der Waals surface area contributed by atoms with Gasteiger partial charge in [0.2, 0.25) is 0 Å². The monoisotopic (exact) mass is 772 g/mol. The normalized spacial score (nSPS) is 11.3.